The van der Waals surface area contributed by atoms with Crippen LogP contribution in [-0.2, 0) is 6.42 Å². The van der Waals surface area contributed by atoms with Gasteiger partial charge in [-0.1, -0.05) is 6.92 Å². The van der Waals surface area contributed by atoms with Crippen LogP contribution in [0.2, 0.25) is 0 Å². The maximum atomic E-state index is 14.7. The number of aromatic nitrogens is 3. The standard InChI is InChI=1S/C18H16FN3O2/c1-2-17-20-5-6-21(17)16-8-15-13(7-14(16)19)18(24)11(10-23)9-22(15)12-3-4-12/h5-10,12H,2-4H2,1H3. The molecule has 0 saturated heterocycles. The fraction of sp³-hybridized carbons (Fsp3) is 0.278. The van der Waals surface area contributed by atoms with E-state index in [4.69, 9.17) is 0 Å². The first-order valence-electron chi connectivity index (χ1n) is 8.00. The Morgan fingerprint density at radius 3 is 2.83 bits per heavy atom. The third kappa shape index (κ3) is 2.18. The third-order valence-electron chi connectivity index (χ3n) is 4.49. The van der Waals surface area contributed by atoms with E-state index in [1.807, 2.05) is 11.5 Å². The van der Waals surface area contributed by atoms with Crippen molar-refractivity contribution < 1.29 is 9.18 Å². The van der Waals surface area contributed by atoms with Crippen molar-refractivity contribution in [2.24, 2.45) is 0 Å². The third-order valence-corrected chi connectivity index (χ3v) is 4.49. The Morgan fingerprint density at radius 1 is 1.38 bits per heavy atom. The molecule has 5 nitrogen and oxygen atoms in total. The second-order valence-corrected chi connectivity index (χ2v) is 6.06. The van der Waals surface area contributed by atoms with E-state index >= 15 is 0 Å². The van der Waals surface area contributed by atoms with E-state index in [1.54, 1.807) is 29.2 Å². The number of nitrogens with zero attached hydrogens (tertiary/aromatic N) is 3. The Bertz CT molecular complexity index is 1020. The van der Waals surface area contributed by atoms with Crippen molar-refractivity contribution in [1.82, 2.24) is 14.1 Å². The summed E-state index contributed by atoms with van der Waals surface area (Å²) in [6.07, 6.45) is 8.13. The number of aryl methyl sites for hydroxylation is 1. The normalized spacial score (nSPS) is 14.2. The Balaban J connectivity index is 2.05. The smallest absolute Gasteiger partial charge is 0.199 e. The molecular formula is C18H16FN3O2. The summed E-state index contributed by atoms with van der Waals surface area (Å²) in [5.41, 5.74) is 0.659. The van der Waals surface area contributed by atoms with Crippen LogP contribution in [-0.4, -0.2) is 20.4 Å². The van der Waals surface area contributed by atoms with Crippen molar-refractivity contribution in [3.63, 3.8) is 0 Å². The topological polar surface area (TPSA) is 56.9 Å². The van der Waals surface area contributed by atoms with Crippen LogP contribution in [0, 0.1) is 5.82 Å². The summed E-state index contributed by atoms with van der Waals surface area (Å²) in [5.74, 6) is 0.246. The van der Waals surface area contributed by atoms with Gasteiger partial charge in [-0.15, -0.1) is 0 Å². The molecule has 0 unspecified atom stereocenters. The molecule has 0 N–H and O–H groups in total. The van der Waals surface area contributed by atoms with Gasteiger partial charge in [0.1, 0.15) is 11.6 Å². The molecule has 6 heteroatoms. The maximum absolute atomic E-state index is 14.7. The predicted molar refractivity (Wildman–Crippen MR) is 88.3 cm³/mol. The first-order valence-corrected chi connectivity index (χ1v) is 8.00. The van der Waals surface area contributed by atoms with Gasteiger partial charge < -0.3 is 9.13 Å². The second-order valence-electron chi connectivity index (χ2n) is 6.06. The van der Waals surface area contributed by atoms with Gasteiger partial charge in [0, 0.05) is 36.4 Å². The lowest BCUT2D eigenvalue weighted by Crippen LogP contribution is -2.15. The van der Waals surface area contributed by atoms with Gasteiger partial charge in [0.2, 0.25) is 0 Å². The van der Waals surface area contributed by atoms with Gasteiger partial charge in [0.25, 0.3) is 0 Å². The van der Waals surface area contributed by atoms with E-state index in [9.17, 15) is 14.0 Å². The minimum atomic E-state index is -0.502. The summed E-state index contributed by atoms with van der Waals surface area (Å²) >= 11 is 0. The summed E-state index contributed by atoms with van der Waals surface area (Å²) in [4.78, 5) is 27.8. The molecule has 2 heterocycles. The first-order chi connectivity index (χ1) is 11.6. The number of benzene rings is 1. The molecule has 3 aromatic rings. The average molecular weight is 325 g/mol. The minimum Gasteiger partial charge on any atom is -0.343 e. The lowest BCUT2D eigenvalue weighted by molar-refractivity contribution is 0.112. The van der Waals surface area contributed by atoms with Crippen LogP contribution in [0.25, 0.3) is 16.6 Å². The Morgan fingerprint density at radius 2 is 2.17 bits per heavy atom. The second kappa shape index (κ2) is 5.40. The lowest BCUT2D eigenvalue weighted by atomic mass is 10.1. The van der Waals surface area contributed by atoms with Gasteiger partial charge in [-0.2, -0.15) is 0 Å². The van der Waals surface area contributed by atoms with Crippen LogP contribution < -0.4 is 5.43 Å². The molecule has 4 rings (SSSR count). The van der Waals surface area contributed by atoms with E-state index in [2.05, 4.69) is 4.98 Å². The zero-order valence-electron chi connectivity index (χ0n) is 13.2. The van der Waals surface area contributed by atoms with E-state index in [-0.39, 0.29) is 17.0 Å². The van der Waals surface area contributed by atoms with Crippen LogP contribution in [0.3, 0.4) is 0 Å². The minimum absolute atomic E-state index is 0.0680. The molecule has 122 valence electrons. The summed E-state index contributed by atoms with van der Waals surface area (Å²) in [5, 5.41) is 0.242. The number of rotatable bonds is 4. The molecule has 0 bridgehead atoms. The Labute approximate surface area is 137 Å². The number of hydrogen-bond donors (Lipinski definition) is 0. The van der Waals surface area contributed by atoms with Gasteiger partial charge in [0.15, 0.2) is 11.7 Å². The molecule has 1 saturated carbocycles. The van der Waals surface area contributed by atoms with Gasteiger partial charge in [-0.05, 0) is 25.0 Å². The van der Waals surface area contributed by atoms with Gasteiger partial charge in [-0.3, -0.25) is 9.59 Å². The van der Waals surface area contributed by atoms with Gasteiger partial charge >= 0.3 is 0 Å². The van der Waals surface area contributed by atoms with Crippen molar-refractivity contribution >= 4 is 17.2 Å². The van der Waals surface area contributed by atoms with Crippen molar-refractivity contribution in [1.29, 1.82) is 0 Å². The zero-order chi connectivity index (χ0) is 16.8. The molecule has 0 atom stereocenters. The molecule has 1 aliphatic carbocycles. The van der Waals surface area contributed by atoms with Crippen molar-refractivity contribution in [2.45, 2.75) is 32.2 Å². The van der Waals surface area contributed by atoms with E-state index < -0.39 is 11.2 Å². The lowest BCUT2D eigenvalue weighted by Gasteiger charge is -2.14. The molecule has 0 spiro atoms. The number of imidazole rings is 1. The predicted octanol–water partition coefficient (Wildman–Crippen LogP) is 3.04. The van der Waals surface area contributed by atoms with E-state index in [0.29, 0.717) is 23.9 Å². The van der Waals surface area contributed by atoms with Crippen LogP contribution in [0.5, 0.6) is 0 Å². The molecule has 0 amide bonds. The number of fused-ring (bicyclic) bond motifs is 1. The van der Waals surface area contributed by atoms with Crippen LogP contribution in [0.15, 0.2) is 35.5 Å². The van der Waals surface area contributed by atoms with Gasteiger partial charge in [0.05, 0.1) is 16.8 Å². The molecule has 0 aliphatic heterocycles. The monoisotopic (exact) mass is 325 g/mol. The highest BCUT2D eigenvalue weighted by Gasteiger charge is 2.26. The zero-order valence-corrected chi connectivity index (χ0v) is 13.2. The summed E-state index contributed by atoms with van der Waals surface area (Å²) in [7, 11) is 0. The largest absolute Gasteiger partial charge is 0.343 e. The highest BCUT2D eigenvalue weighted by atomic mass is 19.1. The van der Waals surface area contributed by atoms with Crippen LogP contribution in [0.1, 0.15) is 42.0 Å². The quantitative estimate of drug-likeness (QED) is 0.693. The maximum Gasteiger partial charge on any atom is 0.199 e. The first kappa shape index (κ1) is 14.8. The summed E-state index contributed by atoms with van der Waals surface area (Å²) < 4.78 is 18.3. The van der Waals surface area contributed by atoms with E-state index in [1.165, 1.54) is 6.07 Å². The molecule has 1 fully saturated rings. The number of carbonyl (C=O) groups excluding carboxylic acids is 1. The van der Waals surface area contributed by atoms with Crippen LogP contribution in [0.4, 0.5) is 4.39 Å². The molecule has 0 radical (unpaired) electrons. The number of hydrogen-bond acceptors (Lipinski definition) is 3. The number of pyridine rings is 1. The number of aldehydes is 1. The summed E-state index contributed by atoms with van der Waals surface area (Å²) in [6, 6.07) is 3.18. The highest BCUT2D eigenvalue weighted by molar-refractivity contribution is 5.87. The van der Waals surface area contributed by atoms with Crippen LogP contribution >= 0.6 is 0 Å². The Kier molecular flexibility index (Phi) is 3.33. The highest BCUT2D eigenvalue weighted by Crippen LogP contribution is 2.37. The van der Waals surface area contributed by atoms with Crippen molar-refractivity contribution in [2.75, 3.05) is 0 Å². The Hall–Kier alpha value is -2.76. The SMILES string of the molecule is CCc1nccn1-c1cc2c(cc1F)c(=O)c(C=O)cn2C1CC1. The average Bonchev–Trinajstić information content (AvgIpc) is 3.32. The molecule has 2 aromatic heterocycles. The fourth-order valence-electron chi connectivity index (χ4n) is 3.12. The number of halogens is 1. The molecule has 1 aromatic carbocycles. The molecule has 24 heavy (non-hydrogen) atoms. The number of carbonyl (C=O) groups is 1. The van der Waals surface area contributed by atoms with Crippen molar-refractivity contribution in [3.05, 3.63) is 58.2 Å². The van der Waals surface area contributed by atoms with Gasteiger partial charge in [-0.25, -0.2) is 9.37 Å². The molecule has 1 aliphatic rings. The molecular weight excluding hydrogens is 309 g/mol. The van der Waals surface area contributed by atoms with Crippen molar-refractivity contribution in [3.8, 4) is 5.69 Å². The fourth-order valence-corrected chi connectivity index (χ4v) is 3.12. The van der Waals surface area contributed by atoms with E-state index in [0.717, 1.165) is 18.7 Å². The summed E-state index contributed by atoms with van der Waals surface area (Å²) in [6.45, 7) is 1.95.